The summed E-state index contributed by atoms with van der Waals surface area (Å²) in [6.07, 6.45) is -2.37. The van der Waals surface area contributed by atoms with Gasteiger partial charge in [-0.3, -0.25) is 4.79 Å². The summed E-state index contributed by atoms with van der Waals surface area (Å²) in [5.74, 6) is -1.46. The van der Waals surface area contributed by atoms with Gasteiger partial charge in [0, 0.05) is 18.4 Å². The number of carboxylic acids is 1. The molecule has 5 N–H and O–H groups in total. The molecule has 0 heterocycles. The fraction of sp³-hybridized carbons (Fsp3) is 0.778. The van der Waals surface area contributed by atoms with Gasteiger partial charge in [-0.1, -0.05) is 0 Å². The molecule has 0 unspecified atom stereocenters. The van der Waals surface area contributed by atoms with E-state index in [9.17, 15) is 14.7 Å². The van der Waals surface area contributed by atoms with E-state index in [1.54, 1.807) is 0 Å². The number of aliphatic hydroxyl groups excluding tert-OH is 3. The highest BCUT2D eigenvalue weighted by Gasteiger charge is 2.20. The van der Waals surface area contributed by atoms with Gasteiger partial charge >= 0.3 is 5.97 Å². The molecule has 100 valence electrons. The number of carbonyl (C=O) groups is 2. The van der Waals surface area contributed by atoms with E-state index in [1.165, 1.54) is 6.92 Å². The van der Waals surface area contributed by atoms with Gasteiger partial charge in [-0.2, -0.15) is 11.8 Å². The Balaban J connectivity index is 3.98. The third-order valence-corrected chi connectivity index (χ3v) is 3.03. The molecule has 0 spiro atoms. The number of hydrogen-bond acceptors (Lipinski definition) is 6. The zero-order valence-electron chi connectivity index (χ0n) is 9.37. The number of aliphatic hydroxyl groups is 3. The van der Waals surface area contributed by atoms with Crippen LogP contribution in [-0.4, -0.2) is 68.7 Å². The summed E-state index contributed by atoms with van der Waals surface area (Å²) < 4.78 is 0. The number of amides is 1. The number of nitrogens with one attached hydrogen (secondary N) is 1. The second-order valence-corrected chi connectivity index (χ2v) is 4.52. The summed E-state index contributed by atoms with van der Waals surface area (Å²) in [6, 6.07) is -1.03. The van der Waals surface area contributed by atoms with E-state index in [-0.39, 0.29) is 11.5 Å². The standard InChI is InChI=1S/C9H17NO6S/c1-5(12)10-6(9(15)16)3-17-4-8(14)7(13)2-11/h6-8,11,13-14H,2-4H2,1H3,(H,10,12)(H,15,16)/t6-,7+,8-/m0/s1. The molecule has 0 radical (unpaired) electrons. The molecule has 0 aliphatic carbocycles. The molecule has 17 heavy (non-hydrogen) atoms. The Morgan fingerprint density at radius 3 is 2.24 bits per heavy atom. The van der Waals surface area contributed by atoms with Gasteiger partial charge in [0.05, 0.1) is 12.7 Å². The summed E-state index contributed by atoms with van der Waals surface area (Å²) in [4.78, 5) is 21.4. The SMILES string of the molecule is CC(=O)N[C@@H](CSC[C@H](O)[C@H](O)CO)C(=O)O. The second-order valence-electron chi connectivity index (χ2n) is 3.45. The van der Waals surface area contributed by atoms with Crippen molar-refractivity contribution in [1.82, 2.24) is 5.32 Å². The minimum atomic E-state index is -1.24. The van der Waals surface area contributed by atoms with E-state index in [2.05, 4.69) is 5.32 Å². The number of carboxylic acid groups (broad SMARTS) is 1. The number of aliphatic carboxylic acids is 1. The van der Waals surface area contributed by atoms with Crippen LogP contribution in [0.4, 0.5) is 0 Å². The lowest BCUT2D eigenvalue weighted by Gasteiger charge is -2.17. The highest BCUT2D eigenvalue weighted by molar-refractivity contribution is 7.99. The van der Waals surface area contributed by atoms with E-state index in [0.717, 1.165) is 11.8 Å². The molecule has 0 bridgehead atoms. The number of thioether (sulfide) groups is 1. The van der Waals surface area contributed by atoms with Gasteiger partial charge in [-0.05, 0) is 0 Å². The average molecular weight is 267 g/mol. The van der Waals surface area contributed by atoms with Crippen molar-refractivity contribution >= 4 is 23.6 Å². The fourth-order valence-electron chi connectivity index (χ4n) is 0.959. The van der Waals surface area contributed by atoms with Gasteiger partial charge < -0.3 is 25.7 Å². The highest BCUT2D eigenvalue weighted by atomic mass is 32.2. The van der Waals surface area contributed by atoms with Gasteiger partial charge in [0.2, 0.25) is 5.91 Å². The van der Waals surface area contributed by atoms with Crippen molar-refractivity contribution in [2.45, 2.75) is 25.2 Å². The van der Waals surface area contributed by atoms with Crippen LogP contribution in [0, 0.1) is 0 Å². The Bertz CT molecular complexity index is 262. The molecule has 1 amide bonds. The van der Waals surface area contributed by atoms with E-state index in [0.29, 0.717) is 0 Å². The molecule has 0 saturated carbocycles. The Hall–Kier alpha value is -0.830. The lowest BCUT2D eigenvalue weighted by Crippen LogP contribution is -2.42. The zero-order chi connectivity index (χ0) is 13.4. The predicted octanol–water partition coefficient (Wildman–Crippen LogP) is -1.98. The number of rotatable bonds is 8. The maximum atomic E-state index is 10.7. The normalized spacial score (nSPS) is 16.0. The van der Waals surface area contributed by atoms with Crippen LogP contribution in [0.5, 0.6) is 0 Å². The largest absolute Gasteiger partial charge is 0.480 e. The van der Waals surface area contributed by atoms with Crippen molar-refractivity contribution in [3.63, 3.8) is 0 Å². The maximum Gasteiger partial charge on any atom is 0.327 e. The third kappa shape index (κ3) is 7.16. The minimum Gasteiger partial charge on any atom is -0.480 e. The lowest BCUT2D eigenvalue weighted by molar-refractivity contribution is -0.140. The van der Waals surface area contributed by atoms with Gasteiger partial charge in [0.15, 0.2) is 0 Å². The van der Waals surface area contributed by atoms with Crippen LogP contribution >= 0.6 is 11.8 Å². The average Bonchev–Trinajstić information content (AvgIpc) is 2.25. The van der Waals surface area contributed by atoms with Crippen molar-refractivity contribution in [3.8, 4) is 0 Å². The van der Waals surface area contributed by atoms with E-state index in [4.69, 9.17) is 15.3 Å². The first-order chi connectivity index (χ1) is 7.88. The third-order valence-electron chi connectivity index (χ3n) is 1.88. The fourth-order valence-corrected chi connectivity index (χ4v) is 2.02. The van der Waals surface area contributed by atoms with Crippen LogP contribution in [-0.2, 0) is 9.59 Å². The first kappa shape index (κ1) is 16.2. The van der Waals surface area contributed by atoms with Crippen molar-refractivity contribution in [3.05, 3.63) is 0 Å². The molecule has 0 aromatic heterocycles. The molecule has 0 aromatic carbocycles. The van der Waals surface area contributed by atoms with Crippen LogP contribution in [0.25, 0.3) is 0 Å². The Labute approximate surface area is 103 Å². The molecule has 0 fully saturated rings. The quantitative estimate of drug-likeness (QED) is 0.345. The predicted molar refractivity (Wildman–Crippen MR) is 61.7 cm³/mol. The molecule has 8 heteroatoms. The summed E-state index contributed by atoms with van der Waals surface area (Å²) in [5, 5.41) is 37.9. The van der Waals surface area contributed by atoms with Gasteiger partial charge in [-0.25, -0.2) is 4.79 Å². The zero-order valence-corrected chi connectivity index (χ0v) is 10.2. The van der Waals surface area contributed by atoms with Crippen molar-refractivity contribution in [2.75, 3.05) is 18.1 Å². The van der Waals surface area contributed by atoms with Crippen LogP contribution in [0.15, 0.2) is 0 Å². The topological polar surface area (TPSA) is 127 Å². The Morgan fingerprint density at radius 2 is 1.82 bits per heavy atom. The molecule has 0 rings (SSSR count). The molecular weight excluding hydrogens is 250 g/mol. The first-order valence-corrected chi connectivity index (χ1v) is 6.08. The first-order valence-electron chi connectivity index (χ1n) is 4.93. The van der Waals surface area contributed by atoms with Crippen LogP contribution in [0.3, 0.4) is 0 Å². The highest BCUT2D eigenvalue weighted by Crippen LogP contribution is 2.08. The molecule has 0 saturated heterocycles. The second kappa shape index (κ2) is 8.29. The number of hydrogen-bond donors (Lipinski definition) is 5. The molecule has 3 atom stereocenters. The molecular formula is C9H17NO6S. The van der Waals surface area contributed by atoms with Crippen LogP contribution in [0.2, 0.25) is 0 Å². The molecule has 0 aromatic rings. The van der Waals surface area contributed by atoms with Gasteiger partial charge in [0.1, 0.15) is 12.1 Å². The lowest BCUT2D eigenvalue weighted by atomic mass is 10.2. The van der Waals surface area contributed by atoms with Gasteiger partial charge in [-0.15, -0.1) is 0 Å². The minimum absolute atomic E-state index is 0.0735. The summed E-state index contributed by atoms with van der Waals surface area (Å²) in [7, 11) is 0. The Kier molecular flexibility index (Phi) is 7.88. The summed E-state index contributed by atoms with van der Waals surface area (Å²) in [6.45, 7) is 0.654. The van der Waals surface area contributed by atoms with Crippen LogP contribution < -0.4 is 5.32 Å². The van der Waals surface area contributed by atoms with E-state index in [1.807, 2.05) is 0 Å². The van der Waals surface area contributed by atoms with Crippen molar-refractivity contribution < 1.29 is 30.0 Å². The van der Waals surface area contributed by atoms with Gasteiger partial charge in [0.25, 0.3) is 0 Å². The smallest absolute Gasteiger partial charge is 0.327 e. The molecule has 0 aliphatic heterocycles. The molecule has 7 nitrogen and oxygen atoms in total. The van der Waals surface area contributed by atoms with Crippen molar-refractivity contribution in [2.24, 2.45) is 0 Å². The van der Waals surface area contributed by atoms with E-state index >= 15 is 0 Å². The maximum absolute atomic E-state index is 10.7. The monoisotopic (exact) mass is 267 g/mol. The summed E-state index contributed by atoms with van der Waals surface area (Å²) >= 11 is 1.07. The van der Waals surface area contributed by atoms with Crippen molar-refractivity contribution in [1.29, 1.82) is 0 Å². The summed E-state index contributed by atoms with van der Waals surface area (Å²) in [5.41, 5.74) is 0. The van der Waals surface area contributed by atoms with E-state index < -0.39 is 36.7 Å². The van der Waals surface area contributed by atoms with Crippen LogP contribution in [0.1, 0.15) is 6.92 Å². The Morgan fingerprint density at radius 1 is 1.24 bits per heavy atom. The molecule has 0 aliphatic rings. The number of carbonyl (C=O) groups excluding carboxylic acids is 1.